The summed E-state index contributed by atoms with van der Waals surface area (Å²) in [6.45, 7) is 0.695. The zero-order valence-corrected chi connectivity index (χ0v) is 11.3. The lowest BCUT2D eigenvalue weighted by Crippen LogP contribution is -2.02. The van der Waals surface area contributed by atoms with E-state index in [0.717, 1.165) is 16.8 Å². The molecule has 0 saturated heterocycles. The number of hydrogen-bond acceptors (Lipinski definition) is 5. The van der Waals surface area contributed by atoms with E-state index in [4.69, 9.17) is 4.74 Å². The largest absolute Gasteiger partial charge is 0.481 e. The fourth-order valence-corrected chi connectivity index (χ4v) is 2.68. The van der Waals surface area contributed by atoms with Crippen LogP contribution in [0.4, 0.5) is 5.82 Å². The van der Waals surface area contributed by atoms with E-state index in [1.54, 1.807) is 24.6 Å². The fourth-order valence-electron chi connectivity index (χ4n) is 1.89. The van der Waals surface area contributed by atoms with E-state index < -0.39 is 0 Å². The first-order valence-corrected chi connectivity index (χ1v) is 6.80. The van der Waals surface area contributed by atoms with Crippen LogP contribution in [0, 0.1) is 0 Å². The van der Waals surface area contributed by atoms with Gasteiger partial charge in [-0.05, 0) is 29.1 Å². The maximum atomic E-state index is 5.11. The van der Waals surface area contributed by atoms with Crippen molar-refractivity contribution in [1.29, 1.82) is 0 Å². The molecule has 0 aromatic carbocycles. The first kappa shape index (κ1) is 11.9. The van der Waals surface area contributed by atoms with Gasteiger partial charge in [-0.2, -0.15) is 0 Å². The Morgan fingerprint density at radius 2 is 2.11 bits per heavy atom. The first-order chi connectivity index (χ1) is 9.36. The monoisotopic (exact) mass is 271 g/mol. The molecule has 0 atom stereocenters. The molecule has 5 heteroatoms. The lowest BCUT2D eigenvalue weighted by atomic mass is 10.2. The molecule has 19 heavy (non-hydrogen) atoms. The molecule has 0 unspecified atom stereocenters. The summed E-state index contributed by atoms with van der Waals surface area (Å²) < 4.78 is 6.35. The average Bonchev–Trinajstić information content (AvgIpc) is 2.94. The number of ether oxygens (including phenoxy) is 1. The number of rotatable bonds is 4. The minimum Gasteiger partial charge on any atom is -0.481 e. The van der Waals surface area contributed by atoms with Crippen LogP contribution in [0.2, 0.25) is 0 Å². The summed E-state index contributed by atoms with van der Waals surface area (Å²) in [6.07, 6.45) is 3.57. The summed E-state index contributed by atoms with van der Waals surface area (Å²) in [6, 6.07) is 7.99. The maximum absolute atomic E-state index is 5.11. The smallest absolute Gasteiger partial charge is 0.213 e. The third-order valence-electron chi connectivity index (χ3n) is 2.85. The second-order valence-corrected chi connectivity index (χ2v) is 5.00. The van der Waals surface area contributed by atoms with E-state index in [1.807, 2.05) is 24.4 Å². The van der Waals surface area contributed by atoms with Crippen LogP contribution in [0.3, 0.4) is 0 Å². The molecule has 3 heterocycles. The molecule has 0 aliphatic heterocycles. The zero-order valence-electron chi connectivity index (χ0n) is 10.5. The molecule has 3 aromatic rings. The van der Waals surface area contributed by atoms with Gasteiger partial charge in [0.25, 0.3) is 0 Å². The van der Waals surface area contributed by atoms with Crippen molar-refractivity contribution in [2.45, 2.75) is 6.54 Å². The van der Waals surface area contributed by atoms with Gasteiger partial charge >= 0.3 is 0 Å². The highest BCUT2D eigenvalue weighted by Crippen LogP contribution is 2.26. The number of nitrogens with one attached hydrogen (secondary N) is 1. The molecule has 0 spiro atoms. The molecule has 0 saturated carbocycles. The van der Waals surface area contributed by atoms with Gasteiger partial charge in [0.15, 0.2) is 0 Å². The van der Waals surface area contributed by atoms with Crippen molar-refractivity contribution in [2.24, 2.45) is 0 Å². The van der Waals surface area contributed by atoms with Crippen LogP contribution in [0.25, 0.3) is 10.1 Å². The maximum Gasteiger partial charge on any atom is 0.213 e. The number of hydrogen-bond donors (Lipinski definition) is 1. The molecule has 1 N–H and O–H groups in total. The van der Waals surface area contributed by atoms with Gasteiger partial charge in [-0.1, -0.05) is 0 Å². The van der Waals surface area contributed by atoms with E-state index >= 15 is 0 Å². The van der Waals surface area contributed by atoms with Gasteiger partial charge in [-0.25, -0.2) is 9.97 Å². The van der Waals surface area contributed by atoms with Crippen molar-refractivity contribution in [3.63, 3.8) is 0 Å². The number of fused-ring (bicyclic) bond motifs is 1. The van der Waals surface area contributed by atoms with Gasteiger partial charge in [0.1, 0.15) is 5.82 Å². The summed E-state index contributed by atoms with van der Waals surface area (Å²) in [5.41, 5.74) is 1.11. The quantitative estimate of drug-likeness (QED) is 0.790. The molecule has 0 aliphatic rings. The zero-order chi connectivity index (χ0) is 13.1. The standard InChI is InChI=1S/C14H13N3OS/c1-18-13-8-10(2-5-15-13)9-17-14-11-4-7-19-12(11)3-6-16-14/h2-8H,9H2,1H3,(H,16,17). The Labute approximate surface area is 115 Å². The topological polar surface area (TPSA) is 47.0 Å². The van der Waals surface area contributed by atoms with E-state index in [9.17, 15) is 0 Å². The Balaban J connectivity index is 1.80. The van der Waals surface area contributed by atoms with Crippen molar-refractivity contribution in [1.82, 2.24) is 9.97 Å². The number of pyridine rings is 2. The lowest BCUT2D eigenvalue weighted by Gasteiger charge is -2.07. The fraction of sp³-hybridized carbons (Fsp3) is 0.143. The number of anilines is 1. The number of nitrogens with zero attached hydrogens (tertiary/aromatic N) is 2. The Morgan fingerprint density at radius 1 is 1.21 bits per heavy atom. The predicted octanol–water partition coefficient (Wildman–Crippen LogP) is 3.31. The predicted molar refractivity (Wildman–Crippen MR) is 77.7 cm³/mol. The average molecular weight is 271 g/mol. The number of methoxy groups -OCH3 is 1. The van der Waals surface area contributed by atoms with Crippen LogP contribution in [-0.2, 0) is 6.54 Å². The Kier molecular flexibility index (Phi) is 3.29. The molecule has 0 radical (unpaired) electrons. The van der Waals surface area contributed by atoms with Crippen molar-refractivity contribution in [3.8, 4) is 5.88 Å². The third kappa shape index (κ3) is 2.51. The molecule has 0 fully saturated rings. The Hall–Kier alpha value is -2.14. The minimum atomic E-state index is 0.626. The third-order valence-corrected chi connectivity index (χ3v) is 3.73. The number of aromatic nitrogens is 2. The molecule has 0 bridgehead atoms. The van der Waals surface area contributed by atoms with E-state index in [1.165, 1.54) is 4.70 Å². The van der Waals surface area contributed by atoms with Crippen LogP contribution >= 0.6 is 11.3 Å². The highest BCUT2D eigenvalue weighted by molar-refractivity contribution is 7.17. The van der Waals surface area contributed by atoms with Crippen LogP contribution in [0.15, 0.2) is 42.0 Å². The van der Waals surface area contributed by atoms with Crippen molar-refractivity contribution < 1.29 is 4.74 Å². The van der Waals surface area contributed by atoms with E-state index in [-0.39, 0.29) is 0 Å². The highest BCUT2D eigenvalue weighted by Gasteiger charge is 2.03. The van der Waals surface area contributed by atoms with Gasteiger partial charge in [0.2, 0.25) is 5.88 Å². The molecule has 3 rings (SSSR count). The Morgan fingerprint density at radius 3 is 3.00 bits per heavy atom. The molecule has 0 aliphatic carbocycles. The van der Waals surface area contributed by atoms with Gasteiger partial charge in [-0.3, -0.25) is 0 Å². The van der Waals surface area contributed by atoms with Gasteiger partial charge in [0, 0.05) is 35.1 Å². The minimum absolute atomic E-state index is 0.626. The van der Waals surface area contributed by atoms with Crippen LogP contribution < -0.4 is 10.1 Å². The van der Waals surface area contributed by atoms with Crippen molar-refractivity contribution in [3.05, 3.63) is 47.6 Å². The summed E-state index contributed by atoms with van der Waals surface area (Å²) in [4.78, 5) is 8.48. The van der Waals surface area contributed by atoms with Crippen LogP contribution in [0.1, 0.15) is 5.56 Å². The highest BCUT2D eigenvalue weighted by atomic mass is 32.1. The van der Waals surface area contributed by atoms with Gasteiger partial charge < -0.3 is 10.1 Å². The SMILES string of the molecule is COc1cc(CNc2nccc3sccc23)ccn1. The van der Waals surface area contributed by atoms with Crippen molar-refractivity contribution >= 4 is 27.2 Å². The molecular formula is C14H13N3OS. The second kappa shape index (κ2) is 5.24. The summed E-state index contributed by atoms with van der Waals surface area (Å²) >= 11 is 1.72. The molecule has 0 amide bonds. The molecular weight excluding hydrogens is 258 g/mol. The summed E-state index contributed by atoms with van der Waals surface area (Å²) in [7, 11) is 1.62. The summed E-state index contributed by atoms with van der Waals surface area (Å²) in [5.74, 6) is 1.54. The van der Waals surface area contributed by atoms with Gasteiger partial charge in [0.05, 0.1) is 7.11 Å². The van der Waals surface area contributed by atoms with Crippen LogP contribution in [0.5, 0.6) is 5.88 Å². The second-order valence-electron chi connectivity index (χ2n) is 4.05. The van der Waals surface area contributed by atoms with Crippen LogP contribution in [-0.4, -0.2) is 17.1 Å². The van der Waals surface area contributed by atoms with E-state index in [0.29, 0.717) is 12.4 Å². The van der Waals surface area contributed by atoms with Crippen molar-refractivity contribution in [2.75, 3.05) is 12.4 Å². The first-order valence-electron chi connectivity index (χ1n) is 5.92. The Bertz CT molecular complexity index is 696. The molecule has 4 nitrogen and oxygen atoms in total. The lowest BCUT2D eigenvalue weighted by molar-refractivity contribution is 0.397. The molecule has 96 valence electrons. The summed E-state index contributed by atoms with van der Waals surface area (Å²) in [5, 5.41) is 6.59. The van der Waals surface area contributed by atoms with Gasteiger partial charge in [-0.15, -0.1) is 11.3 Å². The molecule has 3 aromatic heterocycles. The number of thiophene rings is 1. The van der Waals surface area contributed by atoms with E-state index in [2.05, 4.69) is 26.7 Å². The normalized spacial score (nSPS) is 10.6.